The lowest BCUT2D eigenvalue weighted by Crippen LogP contribution is -2.46. The molecule has 21 heavy (non-hydrogen) atoms. The third-order valence-electron chi connectivity index (χ3n) is 5.28. The van der Waals surface area contributed by atoms with Gasteiger partial charge >= 0.3 is 0 Å². The number of nitrogens with one attached hydrogen (secondary N) is 1. The van der Waals surface area contributed by atoms with Crippen LogP contribution in [0.25, 0.3) is 0 Å². The van der Waals surface area contributed by atoms with Crippen LogP contribution in [0.1, 0.15) is 43.7 Å². The van der Waals surface area contributed by atoms with Crippen LogP contribution in [-0.4, -0.2) is 35.8 Å². The number of thioether (sulfide) groups is 1. The van der Waals surface area contributed by atoms with Crippen molar-refractivity contribution in [3.8, 4) is 0 Å². The largest absolute Gasteiger partial charge is 0.305 e. The van der Waals surface area contributed by atoms with Gasteiger partial charge in [-0.2, -0.15) is 0 Å². The summed E-state index contributed by atoms with van der Waals surface area (Å²) in [5, 5.41) is 4.86. The van der Waals surface area contributed by atoms with Crippen molar-refractivity contribution in [1.82, 2.24) is 10.2 Å². The van der Waals surface area contributed by atoms with E-state index in [1.807, 2.05) is 17.8 Å². The molecule has 4 heteroatoms. The maximum atomic E-state index is 6.22. The van der Waals surface area contributed by atoms with E-state index in [0.29, 0.717) is 12.1 Å². The molecule has 114 valence electrons. The summed E-state index contributed by atoms with van der Waals surface area (Å²) in [6.07, 6.45) is 6.71. The minimum Gasteiger partial charge on any atom is -0.305 e. The Kier molecular flexibility index (Phi) is 4.19. The van der Waals surface area contributed by atoms with Gasteiger partial charge in [0.25, 0.3) is 0 Å². The summed E-state index contributed by atoms with van der Waals surface area (Å²) >= 11 is 8.20. The van der Waals surface area contributed by atoms with Crippen molar-refractivity contribution in [3.63, 3.8) is 0 Å². The number of piperidine rings is 1. The van der Waals surface area contributed by atoms with E-state index in [1.54, 1.807) is 0 Å². The zero-order valence-corrected chi connectivity index (χ0v) is 13.9. The molecular weight excluding hydrogens is 300 g/mol. The molecule has 0 radical (unpaired) electrons. The zero-order valence-electron chi connectivity index (χ0n) is 12.4. The number of fused-ring (bicyclic) bond motifs is 2. The molecule has 2 fully saturated rings. The number of halogens is 1. The van der Waals surface area contributed by atoms with E-state index in [-0.39, 0.29) is 0 Å². The molecule has 0 saturated carbocycles. The summed E-state index contributed by atoms with van der Waals surface area (Å²) in [5.74, 6) is 1.22. The number of hydrogen-bond donors (Lipinski definition) is 1. The maximum Gasteiger partial charge on any atom is 0.0410 e. The first-order valence-electron chi connectivity index (χ1n) is 8.23. The lowest BCUT2D eigenvalue weighted by molar-refractivity contribution is 0.176. The molecule has 3 heterocycles. The van der Waals surface area contributed by atoms with Gasteiger partial charge in [0.1, 0.15) is 0 Å². The first-order chi connectivity index (χ1) is 10.3. The molecule has 1 aromatic carbocycles. The second-order valence-electron chi connectivity index (χ2n) is 6.53. The van der Waals surface area contributed by atoms with Gasteiger partial charge in [0.05, 0.1) is 0 Å². The third-order valence-corrected chi connectivity index (χ3v) is 6.64. The molecule has 2 saturated heterocycles. The Hall–Kier alpha value is -0.220. The molecular formula is C17H23ClN2S. The van der Waals surface area contributed by atoms with E-state index in [4.69, 9.17) is 11.6 Å². The Morgan fingerprint density at radius 1 is 1.14 bits per heavy atom. The van der Waals surface area contributed by atoms with Gasteiger partial charge in [-0.3, -0.25) is 4.90 Å². The van der Waals surface area contributed by atoms with Crippen LogP contribution in [0.2, 0.25) is 5.02 Å². The molecule has 1 N–H and O–H groups in total. The van der Waals surface area contributed by atoms with Crippen molar-refractivity contribution < 1.29 is 0 Å². The summed E-state index contributed by atoms with van der Waals surface area (Å²) < 4.78 is 0. The fourth-order valence-corrected chi connectivity index (χ4v) is 5.52. The molecule has 3 atom stereocenters. The molecule has 3 unspecified atom stereocenters. The van der Waals surface area contributed by atoms with E-state index < -0.39 is 0 Å². The fraction of sp³-hybridized carbons (Fsp3) is 0.647. The van der Waals surface area contributed by atoms with Gasteiger partial charge in [0, 0.05) is 34.6 Å². The topological polar surface area (TPSA) is 15.3 Å². The minimum atomic E-state index is 0.492. The number of rotatable bonds is 2. The molecule has 3 aliphatic rings. The van der Waals surface area contributed by atoms with E-state index in [2.05, 4.69) is 22.3 Å². The Balaban J connectivity index is 1.52. The minimum absolute atomic E-state index is 0.492. The summed E-state index contributed by atoms with van der Waals surface area (Å²) in [6.45, 7) is 2.60. The Bertz CT molecular complexity index is 522. The van der Waals surface area contributed by atoms with Crippen molar-refractivity contribution in [3.05, 3.63) is 28.8 Å². The standard InChI is InChI=1S/C17H23ClN2S/c18-12-4-5-17-13(11-12)14(7-10-21-17)19-15-6-9-20-8-2-1-3-16(15)20/h4-5,11,14-16,19H,1-3,6-10H2. The van der Waals surface area contributed by atoms with Crippen LogP contribution in [0.4, 0.5) is 0 Å². The molecule has 0 aliphatic carbocycles. The van der Waals surface area contributed by atoms with Crippen LogP contribution in [0.3, 0.4) is 0 Å². The SMILES string of the molecule is Clc1ccc2c(c1)C(NC1CCN3CCCCC13)CCS2. The second kappa shape index (κ2) is 6.11. The van der Waals surface area contributed by atoms with Gasteiger partial charge in [-0.15, -0.1) is 11.8 Å². The zero-order chi connectivity index (χ0) is 14.2. The predicted octanol–water partition coefficient (Wildman–Crippen LogP) is 4.09. The molecule has 1 aromatic rings. The Morgan fingerprint density at radius 3 is 3.05 bits per heavy atom. The van der Waals surface area contributed by atoms with Crippen LogP contribution >= 0.6 is 23.4 Å². The van der Waals surface area contributed by atoms with Gasteiger partial charge in [-0.25, -0.2) is 0 Å². The molecule has 0 spiro atoms. The van der Waals surface area contributed by atoms with Gasteiger partial charge in [0.2, 0.25) is 0 Å². The number of benzene rings is 1. The van der Waals surface area contributed by atoms with Crippen molar-refractivity contribution in [2.45, 2.75) is 55.1 Å². The van der Waals surface area contributed by atoms with Crippen LogP contribution < -0.4 is 5.32 Å². The highest BCUT2D eigenvalue weighted by Crippen LogP contribution is 2.39. The van der Waals surface area contributed by atoms with Crippen molar-refractivity contribution in [1.29, 1.82) is 0 Å². The quantitative estimate of drug-likeness (QED) is 0.882. The molecule has 4 rings (SSSR count). The van der Waals surface area contributed by atoms with Crippen LogP contribution in [0.15, 0.2) is 23.1 Å². The molecule has 2 nitrogen and oxygen atoms in total. The highest BCUT2D eigenvalue weighted by atomic mass is 35.5. The molecule has 0 bridgehead atoms. The summed E-state index contributed by atoms with van der Waals surface area (Å²) in [7, 11) is 0. The maximum absolute atomic E-state index is 6.22. The van der Waals surface area contributed by atoms with Gasteiger partial charge in [-0.05, 0) is 61.7 Å². The van der Waals surface area contributed by atoms with Crippen LogP contribution in [-0.2, 0) is 0 Å². The molecule has 0 aromatic heterocycles. The highest BCUT2D eigenvalue weighted by molar-refractivity contribution is 7.99. The lowest BCUT2D eigenvalue weighted by atomic mass is 9.96. The van der Waals surface area contributed by atoms with Gasteiger partial charge < -0.3 is 5.32 Å². The highest BCUT2D eigenvalue weighted by Gasteiger charge is 2.37. The van der Waals surface area contributed by atoms with Gasteiger partial charge in [0.15, 0.2) is 0 Å². The van der Waals surface area contributed by atoms with E-state index in [1.165, 1.54) is 61.4 Å². The fourth-order valence-electron chi connectivity index (χ4n) is 4.24. The van der Waals surface area contributed by atoms with E-state index in [0.717, 1.165) is 11.1 Å². The second-order valence-corrected chi connectivity index (χ2v) is 8.11. The first-order valence-corrected chi connectivity index (χ1v) is 9.60. The van der Waals surface area contributed by atoms with Gasteiger partial charge in [-0.1, -0.05) is 18.0 Å². The summed E-state index contributed by atoms with van der Waals surface area (Å²) in [4.78, 5) is 4.12. The monoisotopic (exact) mass is 322 g/mol. The van der Waals surface area contributed by atoms with E-state index in [9.17, 15) is 0 Å². The van der Waals surface area contributed by atoms with Crippen LogP contribution in [0, 0.1) is 0 Å². The van der Waals surface area contributed by atoms with Crippen molar-refractivity contribution >= 4 is 23.4 Å². The smallest absolute Gasteiger partial charge is 0.0410 e. The Morgan fingerprint density at radius 2 is 2.10 bits per heavy atom. The molecule has 0 amide bonds. The van der Waals surface area contributed by atoms with Crippen LogP contribution in [0.5, 0.6) is 0 Å². The number of hydrogen-bond acceptors (Lipinski definition) is 3. The third kappa shape index (κ3) is 2.86. The van der Waals surface area contributed by atoms with E-state index >= 15 is 0 Å². The Labute approximate surface area is 136 Å². The predicted molar refractivity (Wildman–Crippen MR) is 90.3 cm³/mol. The summed E-state index contributed by atoms with van der Waals surface area (Å²) in [5.41, 5.74) is 1.42. The first kappa shape index (κ1) is 14.4. The van der Waals surface area contributed by atoms with Crippen molar-refractivity contribution in [2.75, 3.05) is 18.8 Å². The van der Waals surface area contributed by atoms with Crippen molar-refractivity contribution in [2.24, 2.45) is 0 Å². The summed E-state index contributed by atoms with van der Waals surface area (Å²) in [6, 6.07) is 8.33. The average Bonchev–Trinajstić information content (AvgIpc) is 2.91. The molecule has 3 aliphatic heterocycles. The average molecular weight is 323 g/mol. The lowest BCUT2D eigenvalue weighted by Gasteiger charge is -2.35. The number of nitrogens with zero attached hydrogens (tertiary/aromatic N) is 1. The normalized spacial score (nSPS) is 32.7.